The zero-order valence-corrected chi connectivity index (χ0v) is 29.8. The summed E-state index contributed by atoms with van der Waals surface area (Å²) in [6.07, 6.45) is 23.2. The number of carbonyl (C=O) groups is 1. The number of ether oxygens (including phenoxy) is 3. The van der Waals surface area contributed by atoms with Gasteiger partial charge in [0.05, 0.1) is 16.9 Å². The molecule has 2 atom stereocenters. The molecule has 1 aromatic carbocycles. The molecule has 1 N–H and O–H groups in total. The number of unbranched alkanes of at least 4 members (excludes halogenated alkanes) is 14. The molecule has 46 heavy (non-hydrogen) atoms. The summed E-state index contributed by atoms with van der Waals surface area (Å²) in [6.45, 7) is 6.55. The normalized spacial score (nSPS) is 16.2. The zero-order chi connectivity index (χ0) is 33.3. The SMILES string of the molecule is CCCCCCCCCCCCCCC[C@@H]1OC[C@@H](COC(=O)NCCCCC[n+]2ccsc2)O1.Cc1ccc(S(=O)(=O)[O-])cc1. The standard InChI is InChI=1S/C28H50N2O4S.C7H8O3S/c1-2-3-4-5-6-7-8-9-10-11-12-13-15-18-27-32-23-26(34-27)24-33-28(31)29-19-16-14-17-20-30-21-22-35-25-30;1-6-2-4-7(5-3-6)11(8,9)10/h21-22,25-27H,2-20,23-24H2,1H3;2-5H,1H3,(H,8,9,10)/t26-,27+;/m0./s1. The van der Waals surface area contributed by atoms with E-state index in [1.807, 2.05) is 6.92 Å². The van der Waals surface area contributed by atoms with Crippen LogP contribution in [0.1, 0.15) is 122 Å². The van der Waals surface area contributed by atoms with Crippen LogP contribution in [0.2, 0.25) is 0 Å². The quantitative estimate of drug-likeness (QED) is 0.0716. The first-order valence-corrected chi connectivity index (χ1v) is 19.7. The van der Waals surface area contributed by atoms with Gasteiger partial charge >= 0.3 is 6.09 Å². The first kappa shape index (κ1) is 40.1. The van der Waals surface area contributed by atoms with E-state index in [2.05, 4.69) is 33.9 Å². The Hall–Kier alpha value is -2.05. The third-order valence-electron chi connectivity index (χ3n) is 7.96. The topological polar surface area (TPSA) is 118 Å². The second kappa shape index (κ2) is 25.0. The summed E-state index contributed by atoms with van der Waals surface area (Å²) >= 11 is 1.71. The van der Waals surface area contributed by atoms with Crippen LogP contribution in [0.15, 0.2) is 46.2 Å². The van der Waals surface area contributed by atoms with Crippen LogP contribution in [0.25, 0.3) is 0 Å². The minimum atomic E-state index is -4.27. The number of carbonyl (C=O) groups excluding carboxylic acids is 1. The highest BCUT2D eigenvalue weighted by molar-refractivity contribution is 7.85. The van der Waals surface area contributed by atoms with E-state index in [4.69, 9.17) is 14.2 Å². The summed E-state index contributed by atoms with van der Waals surface area (Å²) in [4.78, 5) is 11.7. The Labute approximate surface area is 282 Å². The molecule has 1 fully saturated rings. The molecule has 0 radical (unpaired) electrons. The van der Waals surface area contributed by atoms with Gasteiger partial charge < -0.3 is 24.1 Å². The number of nitrogens with one attached hydrogen (secondary N) is 1. The summed E-state index contributed by atoms with van der Waals surface area (Å²) in [6, 6.07) is 5.78. The van der Waals surface area contributed by atoms with Crippen molar-refractivity contribution in [3.8, 4) is 0 Å². The number of hydrogen-bond donors (Lipinski definition) is 1. The molecule has 0 saturated carbocycles. The second-order valence-electron chi connectivity index (χ2n) is 12.2. The van der Waals surface area contributed by atoms with Crippen LogP contribution < -0.4 is 9.88 Å². The maximum Gasteiger partial charge on any atom is 0.407 e. The monoisotopic (exact) mass is 682 g/mol. The molecule has 1 aliphatic rings. The largest absolute Gasteiger partial charge is 0.744 e. The van der Waals surface area contributed by atoms with Crippen LogP contribution >= 0.6 is 11.3 Å². The molecule has 0 spiro atoms. The Morgan fingerprint density at radius 1 is 0.935 bits per heavy atom. The molecule has 0 bridgehead atoms. The first-order valence-electron chi connectivity index (χ1n) is 17.4. The minimum absolute atomic E-state index is 0.138. The highest BCUT2D eigenvalue weighted by atomic mass is 32.2. The van der Waals surface area contributed by atoms with Gasteiger partial charge in [-0.05, 0) is 44.7 Å². The molecule has 2 heterocycles. The lowest BCUT2D eigenvalue weighted by Gasteiger charge is -2.12. The van der Waals surface area contributed by atoms with Crippen molar-refractivity contribution in [1.29, 1.82) is 0 Å². The van der Waals surface area contributed by atoms with Crippen LogP contribution in [0.4, 0.5) is 4.79 Å². The third kappa shape index (κ3) is 20.2. The Morgan fingerprint density at radius 3 is 2.13 bits per heavy atom. The highest BCUT2D eigenvalue weighted by Gasteiger charge is 2.26. The molecule has 11 heteroatoms. The number of thiazole rings is 1. The second-order valence-corrected chi connectivity index (χ2v) is 14.3. The molecular formula is C35H58N2O7S2. The summed E-state index contributed by atoms with van der Waals surface area (Å²) < 4.78 is 50.3. The van der Waals surface area contributed by atoms with E-state index in [1.165, 1.54) is 89.2 Å². The van der Waals surface area contributed by atoms with Crippen molar-refractivity contribution < 1.29 is 36.5 Å². The number of aryl methyl sites for hydroxylation is 2. The van der Waals surface area contributed by atoms with Gasteiger partial charge in [-0.3, -0.25) is 0 Å². The number of rotatable bonds is 23. The third-order valence-corrected chi connectivity index (χ3v) is 9.48. The number of amides is 1. The molecule has 1 aliphatic heterocycles. The Morgan fingerprint density at radius 2 is 1.54 bits per heavy atom. The average Bonchev–Trinajstić information content (AvgIpc) is 3.73. The maximum absolute atomic E-state index is 11.9. The summed E-state index contributed by atoms with van der Waals surface area (Å²) in [5.41, 5.74) is 3.05. The van der Waals surface area contributed by atoms with Crippen molar-refractivity contribution in [2.75, 3.05) is 19.8 Å². The first-order chi connectivity index (χ1) is 22.3. The van der Waals surface area contributed by atoms with Gasteiger partial charge in [0.15, 0.2) is 12.5 Å². The molecule has 1 amide bonds. The van der Waals surface area contributed by atoms with E-state index in [9.17, 15) is 17.8 Å². The number of alkyl carbamates (subject to hydrolysis) is 1. The van der Waals surface area contributed by atoms with Crippen molar-refractivity contribution in [3.05, 3.63) is 46.9 Å². The Kier molecular flexibility index (Phi) is 21.8. The molecule has 2 aromatic rings. The summed E-state index contributed by atoms with van der Waals surface area (Å²) in [5.74, 6) is 0. The molecule has 3 rings (SSSR count). The fourth-order valence-corrected chi connectivity index (χ4v) is 6.27. The number of benzene rings is 1. The Balaban J connectivity index is 0.000000562. The van der Waals surface area contributed by atoms with E-state index in [0.29, 0.717) is 13.2 Å². The van der Waals surface area contributed by atoms with E-state index >= 15 is 0 Å². The molecule has 9 nitrogen and oxygen atoms in total. The van der Waals surface area contributed by atoms with Gasteiger partial charge in [0.25, 0.3) is 0 Å². The molecular weight excluding hydrogens is 625 g/mol. The number of nitrogens with zero attached hydrogens (tertiary/aromatic N) is 1. The van der Waals surface area contributed by atoms with Crippen molar-refractivity contribution in [1.82, 2.24) is 5.32 Å². The maximum atomic E-state index is 11.9. The molecule has 1 aromatic heterocycles. The van der Waals surface area contributed by atoms with E-state index in [1.54, 1.807) is 23.5 Å². The predicted octanol–water partition coefficient (Wildman–Crippen LogP) is 8.05. The molecule has 0 unspecified atom stereocenters. The number of aromatic nitrogens is 1. The smallest absolute Gasteiger partial charge is 0.407 e. The molecule has 262 valence electrons. The average molecular weight is 683 g/mol. The number of hydrogen-bond acceptors (Lipinski definition) is 8. The van der Waals surface area contributed by atoms with Gasteiger partial charge in [0.2, 0.25) is 5.51 Å². The fraction of sp³-hybridized carbons (Fsp3) is 0.714. The van der Waals surface area contributed by atoms with Gasteiger partial charge in [-0.15, -0.1) is 0 Å². The van der Waals surface area contributed by atoms with Crippen LogP contribution in [-0.4, -0.2) is 51.2 Å². The molecule has 1 saturated heterocycles. The fourth-order valence-electron chi connectivity index (χ4n) is 5.18. The van der Waals surface area contributed by atoms with E-state index in [-0.39, 0.29) is 30.0 Å². The van der Waals surface area contributed by atoms with Crippen molar-refractivity contribution in [2.45, 2.75) is 147 Å². The van der Waals surface area contributed by atoms with Crippen LogP contribution in [0, 0.1) is 6.92 Å². The lowest BCUT2D eigenvalue weighted by atomic mass is 10.0. The van der Waals surface area contributed by atoms with E-state index < -0.39 is 10.1 Å². The lowest BCUT2D eigenvalue weighted by molar-refractivity contribution is -0.692. The highest BCUT2D eigenvalue weighted by Crippen LogP contribution is 2.19. The predicted molar refractivity (Wildman–Crippen MR) is 182 cm³/mol. The summed E-state index contributed by atoms with van der Waals surface area (Å²) in [7, 11) is -4.27. The van der Waals surface area contributed by atoms with Gasteiger partial charge in [-0.25, -0.2) is 13.2 Å². The van der Waals surface area contributed by atoms with Crippen LogP contribution in [0.3, 0.4) is 0 Å². The zero-order valence-electron chi connectivity index (χ0n) is 28.2. The molecule has 0 aliphatic carbocycles. The van der Waals surface area contributed by atoms with E-state index in [0.717, 1.165) is 44.2 Å². The lowest BCUT2D eigenvalue weighted by Crippen LogP contribution is -2.31. The van der Waals surface area contributed by atoms with Gasteiger partial charge in [-0.2, -0.15) is 4.57 Å². The van der Waals surface area contributed by atoms with Crippen LogP contribution in [0.5, 0.6) is 0 Å². The van der Waals surface area contributed by atoms with Crippen molar-refractivity contribution in [2.24, 2.45) is 0 Å². The van der Waals surface area contributed by atoms with Crippen LogP contribution in [-0.2, 0) is 30.9 Å². The van der Waals surface area contributed by atoms with Gasteiger partial charge in [0.1, 0.15) is 29.4 Å². The van der Waals surface area contributed by atoms with Gasteiger partial charge in [0, 0.05) is 13.0 Å². The van der Waals surface area contributed by atoms with Crippen molar-refractivity contribution >= 4 is 27.5 Å². The van der Waals surface area contributed by atoms with Crippen molar-refractivity contribution in [3.63, 3.8) is 0 Å². The minimum Gasteiger partial charge on any atom is -0.744 e. The Bertz CT molecular complexity index is 1130. The van der Waals surface area contributed by atoms with Gasteiger partial charge in [-0.1, -0.05) is 113 Å². The summed E-state index contributed by atoms with van der Waals surface area (Å²) in [5, 5.41) is 4.91.